The standard InChI is InChI=1S/C22H24N2O2S/c1-16-9-11-20(12-10-16)26-14-21-23-19(15-27-21)13-22(25)24(3)17(2)18-7-5-4-6-8-18/h4-12,15,17H,13-14H2,1-3H3/t17-/m1/s1. The lowest BCUT2D eigenvalue weighted by atomic mass is 10.1. The average molecular weight is 381 g/mol. The average Bonchev–Trinajstić information content (AvgIpc) is 3.14. The summed E-state index contributed by atoms with van der Waals surface area (Å²) in [5, 5.41) is 2.81. The van der Waals surface area contributed by atoms with Gasteiger partial charge in [-0.3, -0.25) is 4.79 Å². The molecule has 0 radical (unpaired) electrons. The molecule has 0 saturated heterocycles. The highest BCUT2D eigenvalue weighted by Gasteiger charge is 2.18. The number of aryl methyl sites for hydroxylation is 1. The summed E-state index contributed by atoms with van der Waals surface area (Å²) >= 11 is 1.52. The minimum Gasteiger partial charge on any atom is -0.486 e. The molecule has 3 rings (SSSR count). The molecule has 1 aromatic heterocycles. The van der Waals surface area contributed by atoms with Crippen LogP contribution in [0.25, 0.3) is 0 Å². The quantitative estimate of drug-likeness (QED) is 0.592. The molecule has 0 saturated carbocycles. The fraction of sp³-hybridized carbons (Fsp3) is 0.273. The van der Waals surface area contributed by atoms with Gasteiger partial charge in [0.15, 0.2) is 0 Å². The maximum absolute atomic E-state index is 12.6. The second-order valence-corrected chi connectivity index (χ2v) is 7.55. The second kappa shape index (κ2) is 8.82. The van der Waals surface area contributed by atoms with Crippen LogP contribution in [0.15, 0.2) is 60.0 Å². The number of likely N-dealkylation sites (N-methyl/N-ethyl adjacent to an activating group) is 1. The van der Waals surface area contributed by atoms with Crippen LogP contribution in [-0.4, -0.2) is 22.8 Å². The number of carbonyl (C=O) groups excluding carboxylic acids is 1. The normalized spacial score (nSPS) is 11.8. The number of nitrogens with zero attached hydrogens (tertiary/aromatic N) is 2. The smallest absolute Gasteiger partial charge is 0.228 e. The number of carbonyl (C=O) groups is 1. The summed E-state index contributed by atoms with van der Waals surface area (Å²) in [4.78, 5) is 18.9. The lowest BCUT2D eigenvalue weighted by Gasteiger charge is -2.25. The van der Waals surface area contributed by atoms with Crippen molar-refractivity contribution in [3.8, 4) is 5.75 Å². The largest absolute Gasteiger partial charge is 0.486 e. The first-order valence-corrected chi connectivity index (χ1v) is 9.84. The number of thiazole rings is 1. The van der Waals surface area contributed by atoms with Gasteiger partial charge in [-0.25, -0.2) is 4.98 Å². The van der Waals surface area contributed by atoms with Crippen LogP contribution >= 0.6 is 11.3 Å². The molecule has 27 heavy (non-hydrogen) atoms. The predicted molar refractivity (Wildman–Crippen MR) is 109 cm³/mol. The molecule has 0 aliphatic rings. The van der Waals surface area contributed by atoms with E-state index in [1.807, 2.05) is 80.9 Å². The summed E-state index contributed by atoms with van der Waals surface area (Å²) < 4.78 is 5.76. The first kappa shape index (κ1) is 19.1. The molecule has 1 atom stereocenters. The number of hydrogen-bond donors (Lipinski definition) is 0. The minimum atomic E-state index is 0.0293. The van der Waals surface area contributed by atoms with Crippen molar-refractivity contribution in [2.24, 2.45) is 0 Å². The molecule has 2 aromatic carbocycles. The molecule has 5 heteroatoms. The fourth-order valence-corrected chi connectivity index (χ4v) is 3.43. The van der Waals surface area contributed by atoms with E-state index in [1.165, 1.54) is 16.9 Å². The van der Waals surface area contributed by atoms with Crippen molar-refractivity contribution in [3.05, 3.63) is 81.8 Å². The molecule has 0 N–H and O–H groups in total. The lowest BCUT2D eigenvalue weighted by molar-refractivity contribution is -0.131. The third kappa shape index (κ3) is 5.17. The Labute approximate surface area is 164 Å². The predicted octanol–water partition coefficient (Wildman–Crippen LogP) is 4.79. The van der Waals surface area contributed by atoms with Crippen LogP contribution in [0.4, 0.5) is 0 Å². The molecule has 0 spiro atoms. The van der Waals surface area contributed by atoms with Gasteiger partial charge in [0.1, 0.15) is 17.4 Å². The van der Waals surface area contributed by atoms with E-state index >= 15 is 0 Å². The molecule has 1 heterocycles. The summed E-state index contributed by atoms with van der Waals surface area (Å²) in [6, 6.07) is 18.0. The molecular formula is C22H24N2O2S. The minimum absolute atomic E-state index is 0.0293. The van der Waals surface area contributed by atoms with Crippen LogP contribution in [0.2, 0.25) is 0 Å². The van der Waals surface area contributed by atoms with E-state index in [4.69, 9.17) is 4.74 Å². The first-order chi connectivity index (χ1) is 13.0. The van der Waals surface area contributed by atoms with E-state index in [9.17, 15) is 4.79 Å². The number of hydrogen-bond acceptors (Lipinski definition) is 4. The van der Waals surface area contributed by atoms with E-state index in [0.717, 1.165) is 22.0 Å². The number of benzene rings is 2. The van der Waals surface area contributed by atoms with Crippen molar-refractivity contribution in [1.82, 2.24) is 9.88 Å². The fourth-order valence-electron chi connectivity index (χ4n) is 2.73. The number of rotatable bonds is 7. The Hall–Kier alpha value is -2.66. The van der Waals surface area contributed by atoms with Gasteiger partial charge in [0.05, 0.1) is 18.2 Å². The number of ether oxygens (including phenoxy) is 1. The monoisotopic (exact) mass is 380 g/mol. The van der Waals surface area contributed by atoms with E-state index in [0.29, 0.717) is 13.0 Å². The molecule has 1 amide bonds. The maximum Gasteiger partial charge on any atom is 0.228 e. The molecule has 0 aliphatic carbocycles. The first-order valence-electron chi connectivity index (χ1n) is 8.96. The Morgan fingerprint density at radius 2 is 1.85 bits per heavy atom. The zero-order valence-electron chi connectivity index (χ0n) is 15.9. The van der Waals surface area contributed by atoms with Gasteiger partial charge in [-0.05, 0) is 31.5 Å². The zero-order chi connectivity index (χ0) is 19.2. The van der Waals surface area contributed by atoms with Gasteiger partial charge < -0.3 is 9.64 Å². The molecule has 0 unspecified atom stereocenters. The molecule has 3 aromatic rings. The summed E-state index contributed by atoms with van der Waals surface area (Å²) in [7, 11) is 1.84. The second-order valence-electron chi connectivity index (χ2n) is 6.60. The third-order valence-corrected chi connectivity index (χ3v) is 5.44. The summed E-state index contributed by atoms with van der Waals surface area (Å²) in [5.74, 6) is 0.882. The Bertz CT molecular complexity index is 875. The SMILES string of the molecule is Cc1ccc(OCc2nc(CC(=O)N(C)[C@H](C)c3ccccc3)cs2)cc1. The highest BCUT2D eigenvalue weighted by Crippen LogP contribution is 2.20. The Balaban J connectivity index is 1.55. The van der Waals surface area contributed by atoms with E-state index < -0.39 is 0 Å². The van der Waals surface area contributed by atoms with Crippen LogP contribution in [-0.2, 0) is 17.8 Å². The van der Waals surface area contributed by atoms with Gasteiger partial charge in [-0.15, -0.1) is 11.3 Å². The molecule has 4 nitrogen and oxygen atoms in total. The highest BCUT2D eigenvalue weighted by atomic mass is 32.1. The van der Waals surface area contributed by atoms with E-state index in [1.54, 1.807) is 4.90 Å². The number of amides is 1. The summed E-state index contributed by atoms with van der Waals surface area (Å²) in [6.45, 7) is 4.50. The molecule has 0 fully saturated rings. The Kier molecular flexibility index (Phi) is 6.24. The van der Waals surface area contributed by atoms with Crippen molar-refractivity contribution < 1.29 is 9.53 Å². The number of aromatic nitrogens is 1. The van der Waals surface area contributed by atoms with Crippen LogP contribution in [0.5, 0.6) is 5.75 Å². The van der Waals surface area contributed by atoms with Crippen LogP contribution in [0.1, 0.15) is 34.8 Å². The Morgan fingerprint density at radius 1 is 1.15 bits per heavy atom. The van der Waals surface area contributed by atoms with Crippen molar-refractivity contribution in [3.63, 3.8) is 0 Å². The highest BCUT2D eigenvalue weighted by molar-refractivity contribution is 7.09. The van der Waals surface area contributed by atoms with Gasteiger partial charge in [-0.2, -0.15) is 0 Å². The summed E-state index contributed by atoms with van der Waals surface area (Å²) in [6.07, 6.45) is 0.300. The van der Waals surface area contributed by atoms with Gasteiger partial charge in [0, 0.05) is 12.4 Å². The topological polar surface area (TPSA) is 42.4 Å². The van der Waals surface area contributed by atoms with Gasteiger partial charge in [0.2, 0.25) is 5.91 Å². The molecule has 140 valence electrons. The van der Waals surface area contributed by atoms with Crippen LogP contribution in [0, 0.1) is 6.92 Å². The Morgan fingerprint density at radius 3 is 2.56 bits per heavy atom. The molecular weight excluding hydrogens is 356 g/mol. The zero-order valence-corrected chi connectivity index (χ0v) is 16.7. The molecule has 0 aliphatic heterocycles. The maximum atomic E-state index is 12.6. The van der Waals surface area contributed by atoms with Crippen molar-refractivity contribution in [1.29, 1.82) is 0 Å². The van der Waals surface area contributed by atoms with Gasteiger partial charge in [0.25, 0.3) is 0 Å². The van der Waals surface area contributed by atoms with Crippen molar-refractivity contribution in [2.45, 2.75) is 32.9 Å². The lowest BCUT2D eigenvalue weighted by Crippen LogP contribution is -2.31. The van der Waals surface area contributed by atoms with Crippen molar-refractivity contribution in [2.75, 3.05) is 7.05 Å². The van der Waals surface area contributed by atoms with Gasteiger partial charge in [-0.1, -0.05) is 48.0 Å². The van der Waals surface area contributed by atoms with E-state index in [-0.39, 0.29) is 11.9 Å². The van der Waals surface area contributed by atoms with Crippen LogP contribution < -0.4 is 4.74 Å². The van der Waals surface area contributed by atoms with Crippen molar-refractivity contribution >= 4 is 17.2 Å². The van der Waals surface area contributed by atoms with E-state index in [2.05, 4.69) is 4.98 Å². The van der Waals surface area contributed by atoms with Gasteiger partial charge >= 0.3 is 0 Å². The van der Waals surface area contributed by atoms with Crippen LogP contribution in [0.3, 0.4) is 0 Å². The molecule has 0 bridgehead atoms. The summed E-state index contributed by atoms with van der Waals surface area (Å²) in [5.41, 5.74) is 3.12. The third-order valence-electron chi connectivity index (χ3n) is 4.57.